The zero-order valence-corrected chi connectivity index (χ0v) is 10.9. The van der Waals surface area contributed by atoms with E-state index < -0.39 is 0 Å². The SMILES string of the molecule is CCC(CNC(C)C)C(=O)OC(C)(C)C. The summed E-state index contributed by atoms with van der Waals surface area (Å²) in [6, 6.07) is 0.404. The second-order valence-corrected chi connectivity index (χ2v) is 5.20. The molecule has 0 aliphatic carbocycles. The van der Waals surface area contributed by atoms with Crippen molar-refractivity contribution in [2.75, 3.05) is 6.54 Å². The van der Waals surface area contributed by atoms with Gasteiger partial charge in [0.2, 0.25) is 0 Å². The van der Waals surface area contributed by atoms with E-state index in [2.05, 4.69) is 19.2 Å². The van der Waals surface area contributed by atoms with Crippen molar-refractivity contribution in [3.8, 4) is 0 Å². The summed E-state index contributed by atoms with van der Waals surface area (Å²) >= 11 is 0. The van der Waals surface area contributed by atoms with Crippen molar-refractivity contribution in [1.82, 2.24) is 5.32 Å². The molecule has 0 aromatic carbocycles. The highest BCUT2D eigenvalue weighted by molar-refractivity contribution is 5.73. The molecule has 1 atom stereocenters. The van der Waals surface area contributed by atoms with Crippen LogP contribution in [0.2, 0.25) is 0 Å². The summed E-state index contributed by atoms with van der Waals surface area (Å²) < 4.78 is 5.34. The minimum absolute atomic E-state index is 0.0355. The van der Waals surface area contributed by atoms with Crippen LogP contribution in [0.5, 0.6) is 0 Å². The van der Waals surface area contributed by atoms with Crippen LogP contribution in [0.1, 0.15) is 48.0 Å². The van der Waals surface area contributed by atoms with Crippen molar-refractivity contribution >= 4 is 5.97 Å². The monoisotopic (exact) mass is 215 g/mol. The van der Waals surface area contributed by atoms with Crippen LogP contribution in [-0.2, 0) is 9.53 Å². The topological polar surface area (TPSA) is 38.3 Å². The second kappa shape index (κ2) is 6.11. The second-order valence-electron chi connectivity index (χ2n) is 5.20. The van der Waals surface area contributed by atoms with E-state index in [-0.39, 0.29) is 17.5 Å². The fourth-order valence-electron chi connectivity index (χ4n) is 1.16. The Hall–Kier alpha value is -0.570. The van der Waals surface area contributed by atoms with E-state index in [1.54, 1.807) is 0 Å². The van der Waals surface area contributed by atoms with Gasteiger partial charge in [-0.25, -0.2) is 0 Å². The highest BCUT2D eigenvalue weighted by Crippen LogP contribution is 2.13. The average Bonchev–Trinajstić information content (AvgIpc) is 2.01. The highest BCUT2D eigenvalue weighted by Gasteiger charge is 2.23. The van der Waals surface area contributed by atoms with E-state index in [4.69, 9.17) is 4.74 Å². The van der Waals surface area contributed by atoms with Crippen LogP contribution in [-0.4, -0.2) is 24.2 Å². The Balaban J connectivity index is 4.11. The quantitative estimate of drug-likeness (QED) is 0.715. The van der Waals surface area contributed by atoms with E-state index >= 15 is 0 Å². The predicted molar refractivity (Wildman–Crippen MR) is 62.8 cm³/mol. The van der Waals surface area contributed by atoms with Crippen LogP contribution in [0.15, 0.2) is 0 Å². The summed E-state index contributed by atoms with van der Waals surface area (Å²) in [4.78, 5) is 11.7. The van der Waals surface area contributed by atoms with Gasteiger partial charge in [-0.2, -0.15) is 0 Å². The van der Waals surface area contributed by atoms with Crippen LogP contribution >= 0.6 is 0 Å². The minimum Gasteiger partial charge on any atom is -0.460 e. The van der Waals surface area contributed by atoms with Crippen LogP contribution in [0, 0.1) is 5.92 Å². The van der Waals surface area contributed by atoms with Crippen LogP contribution < -0.4 is 5.32 Å². The first-order valence-corrected chi connectivity index (χ1v) is 5.72. The number of ether oxygens (including phenoxy) is 1. The molecular formula is C12H25NO2. The zero-order chi connectivity index (χ0) is 12.1. The van der Waals surface area contributed by atoms with E-state index in [1.165, 1.54) is 0 Å². The third-order valence-electron chi connectivity index (χ3n) is 2.01. The molecule has 0 fully saturated rings. The van der Waals surface area contributed by atoms with Gasteiger partial charge in [-0.05, 0) is 27.2 Å². The number of carbonyl (C=O) groups is 1. The van der Waals surface area contributed by atoms with Crippen molar-refractivity contribution in [3.63, 3.8) is 0 Å². The van der Waals surface area contributed by atoms with Gasteiger partial charge in [0, 0.05) is 12.6 Å². The van der Waals surface area contributed by atoms with Gasteiger partial charge in [0.05, 0.1) is 5.92 Å². The Kier molecular flexibility index (Phi) is 5.88. The molecule has 0 saturated heterocycles. The maximum Gasteiger partial charge on any atom is 0.310 e. The molecule has 0 aromatic rings. The normalized spacial score (nSPS) is 14.1. The number of nitrogens with one attached hydrogen (secondary N) is 1. The Morgan fingerprint density at radius 2 is 1.87 bits per heavy atom. The number of hydrogen-bond acceptors (Lipinski definition) is 3. The summed E-state index contributed by atoms with van der Waals surface area (Å²) in [5.41, 5.74) is -0.387. The Morgan fingerprint density at radius 1 is 1.33 bits per heavy atom. The third-order valence-corrected chi connectivity index (χ3v) is 2.01. The minimum atomic E-state index is -0.387. The summed E-state index contributed by atoms with van der Waals surface area (Å²) in [6.45, 7) is 12.5. The zero-order valence-electron chi connectivity index (χ0n) is 10.9. The van der Waals surface area contributed by atoms with Crippen molar-refractivity contribution in [2.45, 2.75) is 59.6 Å². The molecule has 0 saturated carbocycles. The summed E-state index contributed by atoms with van der Waals surface area (Å²) in [7, 11) is 0. The molecule has 0 aliphatic heterocycles. The number of esters is 1. The predicted octanol–water partition coefficient (Wildman–Crippen LogP) is 2.35. The van der Waals surface area contributed by atoms with Gasteiger partial charge in [0.1, 0.15) is 5.60 Å². The molecule has 0 heterocycles. The fraction of sp³-hybridized carbons (Fsp3) is 0.917. The molecule has 0 amide bonds. The molecular weight excluding hydrogens is 190 g/mol. The lowest BCUT2D eigenvalue weighted by molar-refractivity contribution is -0.159. The van der Waals surface area contributed by atoms with Crippen molar-refractivity contribution < 1.29 is 9.53 Å². The largest absolute Gasteiger partial charge is 0.460 e. The first-order chi connectivity index (χ1) is 6.76. The molecule has 90 valence electrons. The maximum atomic E-state index is 11.7. The van der Waals surface area contributed by atoms with Crippen LogP contribution in [0.3, 0.4) is 0 Å². The Labute approximate surface area is 93.6 Å². The number of hydrogen-bond donors (Lipinski definition) is 1. The van der Waals surface area contributed by atoms with E-state index in [0.717, 1.165) is 6.42 Å². The van der Waals surface area contributed by atoms with Gasteiger partial charge in [-0.3, -0.25) is 4.79 Å². The molecule has 0 aromatic heterocycles. The Morgan fingerprint density at radius 3 is 2.20 bits per heavy atom. The number of rotatable bonds is 5. The van der Waals surface area contributed by atoms with Crippen LogP contribution in [0.4, 0.5) is 0 Å². The molecule has 1 N–H and O–H groups in total. The van der Waals surface area contributed by atoms with Gasteiger partial charge in [0.25, 0.3) is 0 Å². The fourth-order valence-corrected chi connectivity index (χ4v) is 1.16. The molecule has 3 nitrogen and oxygen atoms in total. The van der Waals surface area contributed by atoms with Gasteiger partial charge < -0.3 is 10.1 Å². The maximum absolute atomic E-state index is 11.7. The van der Waals surface area contributed by atoms with Gasteiger partial charge in [-0.15, -0.1) is 0 Å². The van der Waals surface area contributed by atoms with Gasteiger partial charge in [-0.1, -0.05) is 20.8 Å². The molecule has 15 heavy (non-hydrogen) atoms. The van der Waals surface area contributed by atoms with Crippen LogP contribution in [0.25, 0.3) is 0 Å². The van der Waals surface area contributed by atoms with Gasteiger partial charge >= 0.3 is 5.97 Å². The first kappa shape index (κ1) is 14.4. The number of carbonyl (C=O) groups excluding carboxylic acids is 1. The molecule has 3 heteroatoms. The summed E-state index contributed by atoms with van der Waals surface area (Å²) in [5.74, 6) is -0.134. The lowest BCUT2D eigenvalue weighted by Crippen LogP contribution is -2.36. The first-order valence-electron chi connectivity index (χ1n) is 5.72. The Bertz CT molecular complexity index is 194. The smallest absolute Gasteiger partial charge is 0.310 e. The molecule has 0 bridgehead atoms. The van der Waals surface area contributed by atoms with E-state index in [0.29, 0.717) is 12.6 Å². The van der Waals surface area contributed by atoms with Gasteiger partial charge in [0.15, 0.2) is 0 Å². The van der Waals surface area contributed by atoms with Crippen molar-refractivity contribution in [3.05, 3.63) is 0 Å². The molecule has 0 spiro atoms. The van der Waals surface area contributed by atoms with Crippen molar-refractivity contribution in [2.24, 2.45) is 5.92 Å². The molecule has 0 aliphatic rings. The lowest BCUT2D eigenvalue weighted by atomic mass is 10.1. The van der Waals surface area contributed by atoms with E-state index in [1.807, 2.05) is 27.7 Å². The van der Waals surface area contributed by atoms with Crippen molar-refractivity contribution in [1.29, 1.82) is 0 Å². The molecule has 0 rings (SSSR count). The lowest BCUT2D eigenvalue weighted by Gasteiger charge is -2.24. The third kappa shape index (κ3) is 7.37. The summed E-state index contributed by atoms with van der Waals surface area (Å²) in [5, 5.41) is 3.26. The molecule has 1 unspecified atom stereocenters. The average molecular weight is 215 g/mol. The van der Waals surface area contributed by atoms with E-state index in [9.17, 15) is 4.79 Å². The summed E-state index contributed by atoms with van der Waals surface area (Å²) in [6.07, 6.45) is 0.814. The molecule has 0 radical (unpaired) electrons. The standard InChI is InChI=1S/C12H25NO2/c1-7-10(8-13-9(2)3)11(14)15-12(4,5)6/h9-10,13H,7-8H2,1-6H3. The highest BCUT2D eigenvalue weighted by atomic mass is 16.6.